The lowest BCUT2D eigenvalue weighted by Crippen LogP contribution is -2.14. The topological polar surface area (TPSA) is 58.1 Å². The van der Waals surface area contributed by atoms with Gasteiger partial charge in [-0.3, -0.25) is 4.79 Å². The van der Waals surface area contributed by atoms with Crippen LogP contribution in [-0.2, 0) is 0 Å². The van der Waals surface area contributed by atoms with Crippen molar-refractivity contribution < 1.29 is 10.3 Å². The Hall–Kier alpha value is -2.43. The number of carbonyl (C=O) groups is 1. The second kappa shape index (κ2) is 3.80. The Morgan fingerprint density at radius 2 is 2.17 bits per heavy atom. The Bertz CT molecular complexity index is 775. The monoisotopic (exact) mass is 244 g/mol. The molecule has 0 aliphatic carbocycles. The smallest absolute Gasteiger partial charge is 0.259 e. The summed E-state index contributed by atoms with van der Waals surface area (Å²) in [4.78, 5) is 22.2. The van der Waals surface area contributed by atoms with Gasteiger partial charge in [0, 0.05) is 23.6 Å². The quantitative estimate of drug-likeness (QED) is 0.771. The lowest BCUT2D eigenvalue weighted by molar-refractivity contribution is 0.102. The molecule has 3 heterocycles. The minimum atomic E-state index is -2.38. The summed E-state index contributed by atoms with van der Waals surface area (Å²) < 4.78 is 30.4. The first-order valence-electron chi connectivity index (χ1n) is 7.30. The molecule has 0 atom stereocenters. The van der Waals surface area contributed by atoms with Gasteiger partial charge in [-0.2, -0.15) is 0 Å². The number of hydrogen-bond donors (Lipinski definition) is 1. The SMILES string of the molecule is [2H]c1cnc2c(c1)C(=O)Nc1c(C([2H])([2H])[2H])ccnc1N2C. The maximum atomic E-state index is 12.4. The van der Waals surface area contributed by atoms with Crippen molar-refractivity contribution >= 4 is 23.2 Å². The van der Waals surface area contributed by atoms with Crippen LogP contribution in [0, 0.1) is 6.85 Å². The Balaban J connectivity index is 2.26. The molecule has 5 nitrogen and oxygen atoms in total. The average Bonchev–Trinajstić information content (AvgIpc) is 2.54. The molecule has 0 spiro atoms. The molecular formula is C13H12N4O. The fourth-order valence-electron chi connectivity index (χ4n) is 1.90. The Morgan fingerprint density at radius 1 is 1.33 bits per heavy atom. The van der Waals surface area contributed by atoms with Crippen LogP contribution in [-0.4, -0.2) is 22.9 Å². The van der Waals surface area contributed by atoms with E-state index in [0.717, 1.165) is 0 Å². The summed E-state index contributed by atoms with van der Waals surface area (Å²) in [6.45, 7) is -2.38. The van der Waals surface area contributed by atoms with Gasteiger partial charge in [-0.15, -0.1) is 0 Å². The average molecular weight is 244 g/mol. The molecule has 1 aliphatic rings. The van der Waals surface area contributed by atoms with E-state index in [1.54, 1.807) is 7.05 Å². The highest BCUT2D eigenvalue weighted by molar-refractivity contribution is 6.11. The summed E-state index contributed by atoms with van der Waals surface area (Å²) in [6, 6.07) is 2.84. The number of anilines is 3. The van der Waals surface area contributed by atoms with E-state index < -0.39 is 12.8 Å². The van der Waals surface area contributed by atoms with Gasteiger partial charge in [-0.05, 0) is 30.6 Å². The van der Waals surface area contributed by atoms with E-state index in [0.29, 0.717) is 11.6 Å². The zero-order valence-corrected chi connectivity index (χ0v) is 9.56. The lowest BCUT2D eigenvalue weighted by atomic mass is 10.2. The highest BCUT2D eigenvalue weighted by atomic mass is 16.1. The molecule has 1 aliphatic heterocycles. The molecular weight excluding hydrogens is 228 g/mol. The predicted molar refractivity (Wildman–Crippen MR) is 69.2 cm³/mol. The molecule has 2 aromatic heterocycles. The fraction of sp³-hybridized carbons (Fsp3) is 0.154. The number of rotatable bonds is 0. The summed E-state index contributed by atoms with van der Waals surface area (Å²) >= 11 is 0. The third kappa shape index (κ3) is 1.44. The molecule has 0 saturated carbocycles. The van der Waals surface area contributed by atoms with Crippen molar-refractivity contribution in [2.75, 3.05) is 17.3 Å². The first-order chi connectivity index (χ1) is 10.3. The van der Waals surface area contributed by atoms with Crippen LogP contribution in [0.4, 0.5) is 17.3 Å². The summed E-state index contributed by atoms with van der Waals surface area (Å²) in [6.07, 6.45) is 2.70. The van der Waals surface area contributed by atoms with Gasteiger partial charge in [0.05, 0.1) is 12.6 Å². The van der Waals surface area contributed by atoms with Crippen molar-refractivity contribution in [1.29, 1.82) is 0 Å². The standard InChI is InChI=1S/C13H12N4O/c1-8-5-7-15-12-10(8)16-13(18)9-4-3-6-14-11(9)17(12)2/h3-7H,1-2H3,(H,16,18)/i1D3,3D. The summed E-state index contributed by atoms with van der Waals surface area (Å²) in [5.74, 6) is 0.106. The van der Waals surface area contributed by atoms with E-state index in [4.69, 9.17) is 5.48 Å². The molecule has 0 bridgehead atoms. The van der Waals surface area contributed by atoms with Gasteiger partial charge in [0.25, 0.3) is 5.91 Å². The Kier molecular flexibility index (Phi) is 1.50. The predicted octanol–water partition coefficient (Wildman–Crippen LogP) is 2.12. The van der Waals surface area contributed by atoms with Gasteiger partial charge in [0.1, 0.15) is 5.82 Å². The molecule has 90 valence electrons. The van der Waals surface area contributed by atoms with E-state index in [1.807, 2.05) is 0 Å². The third-order valence-corrected chi connectivity index (χ3v) is 2.78. The van der Waals surface area contributed by atoms with E-state index in [1.165, 1.54) is 29.4 Å². The van der Waals surface area contributed by atoms with Crippen molar-refractivity contribution in [2.45, 2.75) is 6.85 Å². The van der Waals surface area contributed by atoms with Gasteiger partial charge in [-0.1, -0.05) is 0 Å². The van der Waals surface area contributed by atoms with Crippen molar-refractivity contribution in [2.24, 2.45) is 0 Å². The van der Waals surface area contributed by atoms with Gasteiger partial charge >= 0.3 is 0 Å². The second-order valence-corrected chi connectivity index (χ2v) is 3.88. The van der Waals surface area contributed by atoms with Crippen molar-refractivity contribution in [3.8, 4) is 0 Å². The van der Waals surface area contributed by atoms with Crippen LogP contribution in [0.3, 0.4) is 0 Å². The molecule has 0 fully saturated rings. The summed E-state index contributed by atoms with van der Waals surface area (Å²) in [5, 5.41) is 2.58. The number of aromatic nitrogens is 2. The molecule has 3 rings (SSSR count). The molecule has 0 unspecified atom stereocenters. The van der Waals surface area contributed by atoms with E-state index in [-0.39, 0.29) is 22.9 Å². The normalized spacial score (nSPS) is 17.4. The van der Waals surface area contributed by atoms with Crippen LogP contribution in [0.2, 0.25) is 0 Å². The first kappa shape index (κ1) is 7.10. The van der Waals surface area contributed by atoms with E-state index in [2.05, 4.69) is 15.3 Å². The van der Waals surface area contributed by atoms with Crippen molar-refractivity contribution in [3.63, 3.8) is 0 Å². The largest absolute Gasteiger partial charge is 0.318 e. The zero-order valence-electron chi connectivity index (χ0n) is 13.6. The van der Waals surface area contributed by atoms with Crippen LogP contribution in [0.15, 0.2) is 30.6 Å². The van der Waals surface area contributed by atoms with Gasteiger partial charge < -0.3 is 10.2 Å². The fourth-order valence-corrected chi connectivity index (χ4v) is 1.90. The molecule has 18 heavy (non-hydrogen) atoms. The van der Waals surface area contributed by atoms with Crippen LogP contribution in [0.1, 0.15) is 21.4 Å². The molecule has 1 amide bonds. The number of fused-ring (bicyclic) bond motifs is 2. The number of pyridine rings is 2. The number of carbonyl (C=O) groups excluding carboxylic acids is 1. The van der Waals surface area contributed by atoms with E-state index >= 15 is 0 Å². The summed E-state index contributed by atoms with van der Waals surface area (Å²) in [5.41, 5.74) is 0.348. The number of nitrogens with one attached hydrogen (secondary N) is 1. The molecule has 0 radical (unpaired) electrons. The minimum absolute atomic E-state index is 0.0107. The molecule has 5 heteroatoms. The number of amides is 1. The minimum Gasteiger partial charge on any atom is -0.318 e. The summed E-state index contributed by atoms with van der Waals surface area (Å²) in [7, 11) is 1.64. The molecule has 0 saturated heterocycles. The maximum absolute atomic E-state index is 12.4. The highest BCUT2D eigenvalue weighted by Gasteiger charge is 2.25. The van der Waals surface area contributed by atoms with Crippen LogP contribution in [0.25, 0.3) is 0 Å². The van der Waals surface area contributed by atoms with Crippen molar-refractivity contribution in [1.82, 2.24) is 9.97 Å². The van der Waals surface area contributed by atoms with Crippen LogP contribution >= 0.6 is 0 Å². The van der Waals surface area contributed by atoms with Gasteiger partial charge in [-0.25, -0.2) is 9.97 Å². The molecule has 2 aromatic rings. The van der Waals surface area contributed by atoms with Crippen LogP contribution < -0.4 is 10.2 Å². The van der Waals surface area contributed by atoms with Crippen LogP contribution in [0.5, 0.6) is 0 Å². The molecule has 0 aromatic carbocycles. The first-order valence-corrected chi connectivity index (χ1v) is 5.30. The maximum Gasteiger partial charge on any atom is 0.259 e. The van der Waals surface area contributed by atoms with Crippen molar-refractivity contribution in [3.05, 3.63) is 41.7 Å². The Labute approximate surface area is 110 Å². The second-order valence-electron chi connectivity index (χ2n) is 3.88. The van der Waals surface area contributed by atoms with Gasteiger partial charge in [0.2, 0.25) is 0 Å². The highest BCUT2D eigenvalue weighted by Crippen LogP contribution is 2.35. The number of nitrogens with zero attached hydrogens (tertiary/aromatic N) is 3. The Morgan fingerprint density at radius 3 is 3.00 bits per heavy atom. The molecule has 1 N–H and O–H groups in total. The zero-order chi connectivity index (χ0) is 16.1. The number of aryl methyl sites for hydroxylation is 1. The number of hydrogen-bond acceptors (Lipinski definition) is 4. The third-order valence-electron chi connectivity index (χ3n) is 2.78. The lowest BCUT2D eigenvalue weighted by Gasteiger charge is -2.18. The van der Waals surface area contributed by atoms with E-state index in [9.17, 15) is 4.79 Å². The van der Waals surface area contributed by atoms with Gasteiger partial charge in [0.15, 0.2) is 5.82 Å².